The maximum atomic E-state index is 3.80. The molecule has 0 spiro atoms. The van der Waals surface area contributed by atoms with Crippen LogP contribution in [0.1, 0.15) is 31.4 Å². The monoisotopic (exact) mass is 367 g/mol. The van der Waals surface area contributed by atoms with Crippen LogP contribution in [0, 0.1) is 5.92 Å². The summed E-state index contributed by atoms with van der Waals surface area (Å²) in [6.45, 7) is 7.62. The lowest BCUT2D eigenvalue weighted by Gasteiger charge is -2.25. The van der Waals surface area contributed by atoms with Crippen LogP contribution in [0.3, 0.4) is 0 Å². The smallest absolute Gasteiger partial charge is 0.0233 e. The van der Waals surface area contributed by atoms with Gasteiger partial charge in [0, 0.05) is 25.2 Å². The van der Waals surface area contributed by atoms with Crippen LogP contribution in [0.25, 0.3) is 0 Å². The third-order valence-electron chi connectivity index (χ3n) is 4.87. The van der Waals surface area contributed by atoms with Gasteiger partial charge in [0.1, 0.15) is 0 Å². The van der Waals surface area contributed by atoms with Crippen LogP contribution in [-0.2, 0) is 12.8 Å². The minimum Gasteiger partial charge on any atom is -0.318 e. The molecule has 0 aliphatic rings. The molecule has 0 fully saturated rings. The zero-order valence-electron chi connectivity index (χ0n) is 17.2. The Balaban J connectivity index is 1.83. The first-order chi connectivity index (χ1) is 13.2. The van der Waals surface area contributed by atoms with Crippen molar-refractivity contribution in [2.75, 3.05) is 26.7 Å². The van der Waals surface area contributed by atoms with Crippen molar-refractivity contribution in [2.45, 2.75) is 45.2 Å². The maximum absolute atomic E-state index is 3.80. The Kier molecular flexibility index (Phi) is 10.1. The molecule has 0 saturated heterocycles. The second kappa shape index (κ2) is 12.7. The molecule has 0 aliphatic heterocycles. The van der Waals surface area contributed by atoms with Crippen molar-refractivity contribution in [1.29, 1.82) is 0 Å². The van der Waals surface area contributed by atoms with Crippen LogP contribution in [-0.4, -0.2) is 38.8 Å². The highest BCUT2D eigenvalue weighted by molar-refractivity contribution is 5.16. The predicted molar refractivity (Wildman–Crippen MR) is 117 cm³/mol. The Hall–Kier alpha value is -1.68. The van der Waals surface area contributed by atoms with E-state index in [1.807, 2.05) is 7.05 Å². The summed E-state index contributed by atoms with van der Waals surface area (Å²) in [4.78, 5) is 0. The lowest BCUT2D eigenvalue weighted by molar-refractivity contribution is 0.373. The molecule has 27 heavy (non-hydrogen) atoms. The molecule has 0 saturated carbocycles. The van der Waals surface area contributed by atoms with Gasteiger partial charge in [-0.25, -0.2) is 0 Å². The summed E-state index contributed by atoms with van der Waals surface area (Å²) in [6.07, 6.45) is 3.33. The molecule has 0 bridgehead atoms. The van der Waals surface area contributed by atoms with E-state index in [2.05, 4.69) is 90.5 Å². The second-order valence-corrected chi connectivity index (χ2v) is 7.87. The lowest BCUT2D eigenvalue weighted by atomic mass is 10.0. The number of rotatable bonds is 13. The van der Waals surface area contributed by atoms with E-state index in [0.717, 1.165) is 32.5 Å². The Labute approximate surface area is 166 Å². The fourth-order valence-electron chi connectivity index (χ4n) is 3.54. The summed E-state index contributed by atoms with van der Waals surface area (Å²) in [6, 6.07) is 22.4. The predicted octanol–water partition coefficient (Wildman–Crippen LogP) is 3.65. The summed E-state index contributed by atoms with van der Waals surface area (Å²) >= 11 is 0. The zero-order valence-corrected chi connectivity index (χ0v) is 17.2. The summed E-state index contributed by atoms with van der Waals surface area (Å²) in [5, 5.41) is 10.9. The van der Waals surface area contributed by atoms with Crippen molar-refractivity contribution >= 4 is 0 Å². The highest BCUT2D eigenvalue weighted by Gasteiger charge is 2.14. The van der Waals surface area contributed by atoms with Gasteiger partial charge in [0.25, 0.3) is 0 Å². The van der Waals surface area contributed by atoms with Gasteiger partial charge in [-0.15, -0.1) is 0 Å². The molecule has 2 aromatic carbocycles. The first kappa shape index (κ1) is 21.6. The van der Waals surface area contributed by atoms with Gasteiger partial charge in [0.05, 0.1) is 0 Å². The van der Waals surface area contributed by atoms with E-state index in [1.54, 1.807) is 0 Å². The molecule has 3 heteroatoms. The minimum absolute atomic E-state index is 0.447. The second-order valence-electron chi connectivity index (χ2n) is 7.87. The minimum atomic E-state index is 0.447. The zero-order chi connectivity index (χ0) is 19.3. The van der Waals surface area contributed by atoms with E-state index >= 15 is 0 Å². The van der Waals surface area contributed by atoms with Crippen molar-refractivity contribution in [3.05, 3.63) is 71.8 Å². The molecule has 1 unspecified atom stereocenters. The fourth-order valence-corrected chi connectivity index (χ4v) is 3.54. The molecule has 0 radical (unpaired) electrons. The molecule has 0 amide bonds. The summed E-state index contributed by atoms with van der Waals surface area (Å²) in [5.41, 5.74) is 2.79. The molecular formula is C24H37N3. The highest BCUT2D eigenvalue weighted by Crippen LogP contribution is 2.07. The van der Waals surface area contributed by atoms with Gasteiger partial charge in [-0.3, -0.25) is 0 Å². The van der Waals surface area contributed by atoms with Crippen molar-refractivity contribution < 1.29 is 0 Å². The number of nitrogens with one attached hydrogen (secondary N) is 3. The highest BCUT2D eigenvalue weighted by atomic mass is 15.0. The average Bonchev–Trinajstić information content (AvgIpc) is 2.67. The van der Waals surface area contributed by atoms with Crippen LogP contribution >= 0.6 is 0 Å². The van der Waals surface area contributed by atoms with E-state index < -0.39 is 0 Å². The first-order valence-corrected chi connectivity index (χ1v) is 10.4. The largest absolute Gasteiger partial charge is 0.318 e. The van der Waals surface area contributed by atoms with Crippen molar-refractivity contribution in [2.24, 2.45) is 5.92 Å². The summed E-state index contributed by atoms with van der Waals surface area (Å²) in [7, 11) is 2.03. The van der Waals surface area contributed by atoms with Gasteiger partial charge in [-0.1, -0.05) is 74.5 Å². The Morgan fingerprint density at radius 3 is 1.96 bits per heavy atom. The number of likely N-dealkylation sites (N-methyl/N-ethyl adjacent to an activating group) is 1. The molecule has 148 valence electrons. The van der Waals surface area contributed by atoms with Gasteiger partial charge in [-0.2, -0.15) is 0 Å². The van der Waals surface area contributed by atoms with E-state index in [4.69, 9.17) is 0 Å². The van der Waals surface area contributed by atoms with Crippen LogP contribution < -0.4 is 16.0 Å². The Bertz CT molecular complexity index is 598. The van der Waals surface area contributed by atoms with Crippen LogP contribution in [0.4, 0.5) is 0 Å². The molecule has 0 aromatic heterocycles. The van der Waals surface area contributed by atoms with E-state index in [0.29, 0.717) is 18.0 Å². The Morgan fingerprint density at radius 1 is 0.741 bits per heavy atom. The number of hydrogen-bond acceptors (Lipinski definition) is 3. The molecular weight excluding hydrogens is 330 g/mol. The first-order valence-electron chi connectivity index (χ1n) is 10.4. The molecule has 0 aliphatic carbocycles. The van der Waals surface area contributed by atoms with Crippen molar-refractivity contribution in [3.63, 3.8) is 0 Å². The topological polar surface area (TPSA) is 36.1 Å². The maximum Gasteiger partial charge on any atom is 0.0233 e. The van der Waals surface area contributed by atoms with Gasteiger partial charge in [0.2, 0.25) is 0 Å². The van der Waals surface area contributed by atoms with Crippen LogP contribution in [0.5, 0.6) is 0 Å². The third-order valence-corrected chi connectivity index (χ3v) is 4.87. The van der Waals surface area contributed by atoms with Crippen LogP contribution in [0.2, 0.25) is 0 Å². The van der Waals surface area contributed by atoms with Crippen LogP contribution in [0.15, 0.2) is 60.7 Å². The Morgan fingerprint density at radius 2 is 1.37 bits per heavy atom. The van der Waals surface area contributed by atoms with Crippen molar-refractivity contribution in [3.8, 4) is 0 Å². The molecule has 2 atom stereocenters. The molecule has 0 heterocycles. The number of benzene rings is 2. The summed E-state index contributed by atoms with van der Waals surface area (Å²) < 4.78 is 0. The third kappa shape index (κ3) is 9.18. The average molecular weight is 368 g/mol. The van der Waals surface area contributed by atoms with Crippen molar-refractivity contribution in [1.82, 2.24) is 16.0 Å². The molecule has 3 N–H and O–H groups in total. The molecule has 2 aromatic rings. The standard InChI is InChI=1S/C24H37N3/c1-20(2)16-23(26-15-14-21-10-6-4-7-11-21)19-27-24(18-25-3)17-22-12-8-5-9-13-22/h4-13,20,23-27H,14-19H2,1-3H3/t23?,24-/m0/s1. The van der Waals surface area contributed by atoms with Gasteiger partial charge in [0.15, 0.2) is 0 Å². The van der Waals surface area contributed by atoms with E-state index in [-0.39, 0.29) is 0 Å². The van der Waals surface area contributed by atoms with Gasteiger partial charge >= 0.3 is 0 Å². The molecule has 2 rings (SSSR count). The lowest BCUT2D eigenvalue weighted by Crippen LogP contribution is -2.47. The van der Waals surface area contributed by atoms with Gasteiger partial charge in [-0.05, 0) is 49.9 Å². The fraction of sp³-hybridized carbons (Fsp3) is 0.500. The summed E-state index contributed by atoms with van der Waals surface area (Å²) in [5.74, 6) is 0.692. The quantitative estimate of drug-likeness (QED) is 0.506. The van der Waals surface area contributed by atoms with E-state index in [9.17, 15) is 0 Å². The number of hydrogen-bond donors (Lipinski definition) is 3. The molecule has 3 nitrogen and oxygen atoms in total. The normalized spacial score (nSPS) is 13.6. The van der Waals surface area contributed by atoms with Gasteiger partial charge < -0.3 is 16.0 Å². The SMILES string of the molecule is CNC[C@H](Cc1ccccc1)NCC(CC(C)C)NCCc1ccccc1. The van der Waals surface area contributed by atoms with E-state index in [1.165, 1.54) is 17.5 Å².